The number of hydrogen-bond donors (Lipinski definition) is 3. The molecule has 1 aliphatic rings. The molecule has 0 spiro atoms. The van der Waals surface area contributed by atoms with E-state index in [0.717, 1.165) is 18.2 Å². The second-order valence-corrected chi connectivity index (χ2v) is 5.41. The molecule has 0 fully saturated rings. The number of allylic oxidation sites excluding steroid dienone is 1. The Morgan fingerprint density at radius 2 is 2.09 bits per heavy atom. The second kappa shape index (κ2) is 6.57. The summed E-state index contributed by atoms with van der Waals surface area (Å²) in [5.41, 5.74) is 10.5. The van der Waals surface area contributed by atoms with Gasteiger partial charge in [-0.25, -0.2) is 4.39 Å². The quantitative estimate of drug-likeness (QED) is 0.578. The summed E-state index contributed by atoms with van der Waals surface area (Å²) in [4.78, 5) is 1.56. The van der Waals surface area contributed by atoms with Crippen molar-refractivity contribution in [2.24, 2.45) is 11.5 Å². The van der Waals surface area contributed by atoms with E-state index >= 15 is 0 Å². The Kier molecular flexibility index (Phi) is 4.93. The Morgan fingerprint density at radius 1 is 1.39 bits per heavy atom. The molecule has 1 heterocycles. The van der Waals surface area contributed by atoms with Crippen LogP contribution < -0.4 is 16.8 Å². The van der Waals surface area contributed by atoms with Crippen LogP contribution in [-0.4, -0.2) is 18.0 Å². The zero-order chi connectivity index (χ0) is 17.2. The van der Waals surface area contributed by atoms with E-state index in [-0.39, 0.29) is 23.1 Å². The molecular weight excluding hydrogens is 336 g/mol. The summed E-state index contributed by atoms with van der Waals surface area (Å²) >= 11 is 5.63. The van der Waals surface area contributed by atoms with Crippen molar-refractivity contribution >= 4 is 11.6 Å². The summed E-state index contributed by atoms with van der Waals surface area (Å²) in [6.07, 6.45) is -3.23. The first-order valence-corrected chi connectivity index (χ1v) is 7.03. The summed E-state index contributed by atoms with van der Waals surface area (Å²) in [7, 11) is 0. The Labute approximate surface area is 135 Å². The van der Waals surface area contributed by atoms with Crippen LogP contribution in [0, 0.1) is 5.82 Å². The number of nitrogens with zero attached hydrogens (tertiary/aromatic N) is 1. The van der Waals surface area contributed by atoms with E-state index in [1.807, 2.05) is 0 Å². The van der Waals surface area contributed by atoms with Gasteiger partial charge in [0.1, 0.15) is 16.8 Å². The van der Waals surface area contributed by atoms with Gasteiger partial charge >= 0.3 is 6.18 Å². The van der Waals surface area contributed by atoms with Crippen molar-refractivity contribution in [2.45, 2.75) is 12.7 Å². The average Bonchev–Trinajstić information content (AvgIpc) is 2.41. The molecule has 1 aromatic rings. The lowest BCUT2D eigenvalue weighted by molar-refractivity contribution is -0.138. The number of nitrogens with one attached hydrogen (secondary N) is 1. The monoisotopic (exact) mass is 350 g/mol. The summed E-state index contributed by atoms with van der Waals surface area (Å²) < 4.78 is 52.6. The van der Waals surface area contributed by atoms with E-state index in [2.05, 4.69) is 5.32 Å². The zero-order valence-electron chi connectivity index (χ0n) is 11.9. The lowest BCUT2D eigenvalue weighted by Gasteiger charge is -2.32. The maximum Gasteiger partial charge on any atom is 0.416 e. The van der Waals surface area contributed by atoms with Gasteiger partial charge in [-0.2, -0.15) is 13.2 Å². The van der Waals surface area contributed by atoms with Crippen LogP contribution in [0.5, 0.6) is 0 Å². The summed E-state index contributed by atoms with van der Waals surface area (Å²) in [5.74, 6) is -0.501. The van der Waals surface area contributed by atoms with Crippen LogP contribution >= 0.6 is 11.6 Å². The molecule has 4 nitrogen and oxygen atoms in total. The average molecular weight is 351 g/mol. The number of nitrogens with two attached hydrogens (primary N) is 2. The van der Waals surface area contributed by atoms with Gasteiger partial charge < -0.3 is 21.7 Å². The molecular formula is C14H15ClF4N4. The van der Waals surface area contributed by atoms with Gasteiger partial charge in [0.05, 0.1) is 11.3 Å². The van der Waals surface area contributed by atoms with Crippen molar-refractivity contribution in [3.8, 4) is 0 Å². The molecule has 23 heavy (non-hydrogen) atoms. The zero-order valence-corrected chi connectivity index (χ0v) is 12.7. The van der Waals surface area contributed by atoms with Gasteiger partial charge in [-0.05, 0) is 29.8 Å². The van der Waals surface area contributed by atoms with Crippen LogP contribution in [0.4, 0.5) is 17.6 Å². The van der Waals surface area contributed by atoms with Crippen LogP contribution in [0.3, 0.4) is 0 Å². The molecule has 0 aromatic heterocycles. The van der Waals surface area contributed by atoms with Crippen LogP contribution in [0.25, 0.3) is 0 Å². The van der Waals surface area contributed by atoms with Gasteiger partial charge in [0.15, 0.2) is 0 Å². The Bertz CT molecular complexity index is 651. The Balaban J connectivity index is 2.40. The van der Waals surface area contributed by atoms with Gasteiger partial charge in [-0.15, -0.1) is 0 Å². The number of benzene rings is 1. The molecule has 0 amide bonds. The molecule has 0 saturated carbocycles. The fourth-order valence-corrected chi connectivity index (χ4v) is 2.45. The number of hydrogen-bond acceptors (Lipinski definition) is 4. The summed E-state index contributed by atoms with van der Waals surface area (Å²) in [6.45, 7) is 0.623. The third kappa shape index (κ3) is 4.22. The Hall–Kier alpha value is -2.09. The van der Waals surface area contributed by atoms with Crippen LogP contribution in [-0.2, 0) is 12.7 Å². The first kappa shape index (κ1) is 17.3. The molecule has 0 radical (unpaired) electrons. The minimum absolute atomic E-state index is 0.0630. The van der Waals surface area contributed by atoms with Crippen molar-refractivity contribution < 1.29 is 17.6 Å². The third-order valence-corrected chi connectivity index (χ3v) is 3.43. The van der Waals surface area contributed by atoms with Crippen molar-refractivity contribution in [3.05, 3.63) is 57.9 Å². The van der Waals surface area contributed by atoms with Crippen LogP contribution in [0.2, 0.25) is 0 Å². The van der Waals surface area contributed by atoms with E-state index in [1.165, 1.54) is 6.08 Å². The normalized spacial score (nSPS) is 16.6. The van der Waals surface area contributed by atoms with Gasteiger partial charge in [-0.1, -0.05) is 11.6 Å². The molecule has 0 saturated heterocycles. The van der Waals surface area contributed by atoms with Crippen molar-refractivity contribution in [2.75, 3.05) is 13.1 Å². The Morgan fingerprint density at radius 3 is 2.70 bits per heavy atom. The van der Waals surface area contributed by atoms with Crippen molar-refractivity contribution in [3.63, 3.8) is 0 Å². The van der Waals surface area contributed by atoms with E-state index in [9.17, 15) is 17.6 Å². The number of rotatable bonds is 3. The van der Waals surface area contributed by atoms with E-state index in [1.54, 1.807) is 4.90 Å². The van der Waals surface area contributed by atoms with Crippen molar-refractivity contribution in [1.82, 2.24) is 10.2 Å². The van der Waals surface area contributed by atoms with Crippen LogP contribution in [0.15, 0.2) is 40.9 Å². The van der Waals surface area contributed by atoms with Gasteiger partial charge in [0, 0.05) is 19.6 Å². The molecule has 0 aliphatic carbocycles. The topological polar surface area (TPSA) is 67.3 Å². The fraction of sp³-hybridized carbons (Fsp3) is 0.286. The molecule has 126 valence electrons. The molecule has 1 aliphatic heterocycles. The molecule has 9 heteroatoms. The molecule has 0 bridgehead atoms. The number of halogens is 5. The van der Waals surface area contributed by atoms with Gasteiger partial charge in [0.2, 0.25) is 0 Å². The van der Waals surface area contributed by atoms with E-state index in [4.69, 9.17) is 23.1 Å². The lowest BCUT2D eigenvalue weighted by Crippen LogP contribution is -2.41. The van der Waals surface area contributed by atoms with Gasteiger partial charge in [0.25, 0.3) is 0 Å². The highest BCUT2D eigenvalue weighted by Crippen LogP contribution is 2.33. The lowest BCUT2D eigenvalue weighted by atomic mass is 10.1. The predicted octanol–water partition coefficient (Wildman–Crippen LogP) is 2.42. The standard InChI is InChI=1S/C14H15ClF4N4/c15-12(20)6-11-13(21)22-3-4-23(11)7-8-5-9(16)1-2-10(8)14(17,18)19/h1-2,5-6,22H,3-4,7,20-21H2/b12-6-. The first-order chi connectivity index (χ1) is 10.7. The highest BCUT2D eigenvalue weighted by Gasteiger charge is 2.34. The minimum atomic E-state index is -4.58. The van der Waals surface area contributed by atoms with Gasteiger partial charge in [-0.3, -0.25) is 0 Å². The molecule has 0 unspecified atom stereocenters. The third-order valence-electron chi connectivity index (χ3n) is 3.32. The maximum absolute atomic E-state index is 13.4. The fourth-order valence-electron chi connectivity index (χ4n) is 2.35. The first-order valence-electron chi connectivity index (χ1n) is 6.65. The highest BCUT2D eigenvalue weighted by molar-refractivity contribution is 6.29. The second-order valence-electron chi connectivity index (χ2n) is 4.98. The minimum Gasteiger partial charge on any atom is -0.389 e. The molecule has 1 aromatic carbocycles. The van der Waals surface area contributed by atoms with Crippen molar-refractivity contribution in [1.29, 1.82) is 0 Å². The largest absolute Gasteiger partial charge is 0.416 e. The molecule has 0 atom stereocenters. The smallest absolute Gasteiger partial charge is 0.389 e. The van der Waals surface area contributed by atoms with Crippen LogP contribution in [0.1, 0.15) is 11.1 Å². The SMILES string of the molecule is NC1=C(/C=C(\N)Cl)N(Cc2cc(F)ccc2C(F)(F)F)CCN1. The summed E-state index contributed by atoms with van der Waals surface area (Å²) in [5, 5.41) is 2.81. The molecule has 2 rings (SSSR count). The maximum atomic E-state index is 13.4. The highest BCUT2D eigenvalue weighted by atomic mass is 35.5. The van der Waals surface area contributed by atoms with E-state index in [0.29, 0.717) is 18.8 Å². The van der Waals surface area contributed by atoms with E-state index < -0.39 is 17.6 Å². The predicted molar refractivity (Wildman–Crippen MR) is 79.2 cm³/mol. The molecule has 5 N–H and O–H groups in total. The number of alkyl halides is 3. The summed E-state index contributed by atoms with van der Waals surface area (Å²) in [6, 6.07) is 2.38.